The SMILES string of the molecule is CCN(CC)C1CCN(C(=O)C(N)CC2CCCCC2)C1. The van der Waals surface area contributed by atoms with E-state index in [-0.39, 0.29) is 11.9 Å². The van der Waals surface area contributed by atoms with Gasteiger partial charge in [-0.2, -0.15) is 0 Å². The predicted molar refractivity (Wildman–Crippen MR) is 87.1 cm³/mol. The van der Waals surface area contributed by atoms with Gasteiger partial charge in [0.15, 0.2) is 0 Å². The van der Waals surface area contributed by atoms with E-state index in [0.29, 0.717) is 12.0 Å². The van der Waals surface area contributed by atoms with Crippen LogP contribution in [0.5, 0.6) is 0 Å². The topological polar surface area (TPSA) is 49.6 Å². The zero-order chi connectivity index (χ0) is 15.2. The van der Waals surface area contributed by atoms with Crippen molar-refractivity contribution >= 4 is 5.91 Å². The van der Waals surface area contributed by atoms with Crippen LogP contribution in [-0.4, -0.2) is 54.0 Å². The Morgan fingerprint density at radius 3 is 2.48 bits per heavy atom. The van der Waals surface area contributed by atoms with Crippen molar-refractivity contribution < 1.29 is 4.79 Å². The van der Waals surface area contributed by atoms with Crippen LogP contribution >= 0.6 is 0 Å². The number of nitrogens with two attached hydrogens (primary N) is 1. The molecule has 1 amide bonds. The number of carbonyl (C=O) groups is 1. The fraction of sp³-hybridized carbons (Fsp3) is 0.941. The van der Waals surface area contributed by atoms with Crippen LogP contribution in [0.4, 0.5) is 0 Å². The van der Waals surface area contributed by atoms with Gasteiger partial charge in [0.1, 0.15) is 0 Å². The molecule has 2 atom stereocenters. The highest BCUT2D eigenvalue weighted by molar-refractivity contribution is 5.82. The van der Waals surface area contributed by atoms with Gasteiger partial charge < -0.3 is 10.6 Å². The number of amides is 1. The van der Waals surface area contributed by atoms with E-state index in [0.717, 1.165) is 39.0 Å². The third-order valence-electron chi connectivity index (χ3n) is 5.43. The number of hydrogen-bond donors (Lipinski definition) is 1. The Kier molecular flexibility index (Phi) is 6.49. The number of nitrogens with zero attached hydrogens (tertiary/aromatic N) is 2. The number of rotatable bonds is 6. The minimum atomic E-state index is -0.274. The van der Waals surface area contributed by atoms with Crippen molar-refractivity contribution in [3.05, 3.63) is 0 Å². The van der Waals surface area contributed by atoms with Crippen LogP contribution in [0, 0.1) is 5.92 Å². The molecule has 1 saturated heterocycles. The van der Waals surface area contributed by atoms with Crippen LogP contribution in [-0.2, 0) is 4.79 Å². The molecule has 2 aliphatic rings. The first-order chi connectivity index (χ1) is 10.2. The molecule has 0 spiro atoms. The Bertz CT molecular complexity index is 324. The number of likely N-dealkylation sites (N-methyl/N-ethyl adjacent to an activating group) is 1. The second-order valence-electron chi connectivity index (χ2n) is 6.79. The van der Waals surface area contributed by atoms with Crippen LogP contribution in [0.1, 0.15) is 58.8 Å². The van der Waals surface area contributed by atoms with Crippen molar-refractivity contribution in [1.29, 1.82) is 0 Å². The number of likely N-dealkylation sites (tertiary alicyclic amines) is 1. The van der Waals surface area contributed by atoms with Gasteiger partial charge in [-0.25, -0.2) is 0 Å². The second-order valence-corrected chi connectivity index (χ2v) is 6.79. The van der Waals surface area contributed by atoms with Crippen LogP contribution in [0.3, 0.4) is 0 Å². The third-order valence-corrected chi connectivity index (χ3v) is 5.43. The molecule has 4 nitrogen and oxygen atoms in total. The standard InChI is InChI=1S/C17H33N3O/c1-3-19(4-2)15-10-11-20(13-15)17(21)16(18)12-14-8-6-5-7-9-14/h14-16H,3-13,18H2,1-2H3. The number of carbonyl (C=O) groups excluding carboxylic acids is 1. The van der Waals surface area contributed by atoms with Gasteiger partial charge in [-0.15, -0.1) is 0 Å². The van der Waals surface area contributed by atoms with E-state index in [1.165, 1.54) is 32.1 Å². The molecule has 1 saturated carbocycles. The minimum Gasteiger partial charge on any atom is -0.340 e. The Balaban J connectivity index is 1.80. The maximum Gasteiger partial charge on any atom is 0.239 e. The molecule has 2 rings (SSSR count). The molecule has 0 radical (unpaired) electrons. The van der Waals surface area contributed by atoms with E-state index in [9.17, 15) is 4.79 Å². The molecule has 122 valence electrons. The van der Waals surface area contributed by atoms with Gasteiger partial charge in [-0.1, -0.05) is 46.0 Å². The van der Waals surface area contributed by atoms with E-state index in [1.807, 2.05) is 4.90 Å². The van der Waals surface area contributed by atoms with Gasteiger partial charge in [-0.05, 0) is 31.8 Å². The highest BCUT2D eigenvalue weighted by Gasteiger charge is 2.32. The van der Waals surface area contributed by atoms with Crippen LogP contribution in [0.2, 0.25) is 0 Å². The lowest BCUT2D eigenvalue weighted by Crippen LogP contribution is -2.45. The summed E-state index contributed by atoms with van der Waals surface area (Å²) in [4.78, 5) is 17.0. The van der Waals surface area contributed by atoms with Gasteiger partial charge in [-0.3, -0.25) is 9.69 Å². The lowest BCUT2D eigenvalue weighted by Gasteiger charge is -2.28. The van der Waals surface area contributed by atoms with E-state index >= 15 is 0 Å². The summed E-state index contributed by atoms with van der Waals surface area (Å²) in [5.74, 6) is 0.870. The molecule has 1 heterocycles. The Labute approximate surface area is 130 Å². The summed E-state index contributed by atoms with van der Waals surface area (Å²) >= 11 is 0. The zero-order valence-electron chi connectivity index (χ0n) is 13.9. The van der Waals surface area contributed by atoms with E-state index in [4.69, 9.17) is 5.73 Å². The van der Waals surface area contributed by atoms with Crippen molar-refractivity contribution in [2.24, 2.45) is 11.7 Å². The summed E-state index contributed by atoms with van der Waals surface area (Å²) in [6.07, 6.45) is 8.52. The van der Waals surface area contributed by atoms with Crippen molar-refractivity contribution in [3.8, 4) is 0 Å². The normalized spacial score (nSPS) is 25.5. The molecule has 0 aromatic carbocycles. The average Bonchev–Trinajstić information content (AvgIpc) is 2.98. The molecule has 0 aromatic rings. The Hall–Kier alpha value is -0.610. The smallest absolute Gasteiger partial charge is 0.239 e. The largest absolute Gasteiger partial charge is 0.340 e. The van der Waals surface area contributed by atoms with Crippen LogP contribution in [0.15, 0.2) is 0 Å². The summed E-state index contributed by atoms with van der Waals surface area (Å²) in [7, 11) is 0. The molecule has 0 bridgehead atoms. The zero-order valence-corrected chi connectivity index (χ0v) is 13.9. The second kappa shape index (κ2) is 8.14. The van der Waals surface area contributed by atoms with Crippen molar-refractivity contribution in [2.45, 2.75) is 70.9 Å². The molecule has 2 N–H and O–H groups in total. The lowest BCUT2D eigenvalue weighted by atomic mass is 9.85. The molecule has 1 aliphatic heterocycles. The molecule has 4 heteroatoms. The fourth-order valence-corrected chi connectivity index (χ4v) is 4.10. The summed E-state index contributed by atoms with van der Waals surface area (Å²) in [6, 6.07) is 0.259. The first-order valence-electron chi connectivity index (χ1n) is 8.94. The predicted octanol–water partition coefficient (Wildman–Crippen LogP) is 2.23. The molecular formula is C17H33N3O. The highest BCUT2D eigenvalue weighted by Crippen LogP contribution is 2.27. The van der Waals surface area contributed by atoms with Crippen molar-refractivity contribution in [3.63, 3.8) is 0 Å². The maximum atomic E-state index is 12.5. The van der Waals surface area contributed by atoms with Crippen LogP contribution in [0.25, 0.3) is 0 Å². The van der Waals surface area contributed by atoms with Crippen molar-refractivity contribution in [2.75, 3.05) is 26.2 Å². The van der Waals surface area contributed by atoms with E-state index in [1.54, 1.807) is 0 Å². The lowest BCUT2D eigenvalue weighted by molar-refractivity contribution is -0.132. The molecule has 2 unspecified atom stereocenters. The highest BCUT2D eigenvalue weighted by atomic mass is 16.2. The number of hydrogen-bond acceptors (Lipinski definition) is 3. The molecule has 1 aliphatic carbocycles. The van der Waals surface area contributed by atoms with Gasteiger partial charge in [0.25, 0.3) is 0 Å². The van der Waals surface area contributed by atoms with Gasteiger partial charge in [0, 0.05) is 19.1 Å². The Morgan fingerprint density at radius 1 is 1.19 bits per heavy atom. The monoisotopic (exact) mass is 295 g/mol. The van der Waals surface area contributed by atoms with Gasteiger partial charge in [0.05, 0.1) is 6.04 Å². The minimum absolute atomic E-state index is 0.190. The van der Waals surface area contributed by atoms with E-state index in [2.05, 4.69) is 18.7 Å². The summed E-state index contributed by atoms with van der Waals surface area (Å²) in [5.41, 5.74) is 6.21. The van der Waals surface area contributed by atoms with Crippen LogP contribution < -0.4 is 5.73 Å². The molecule has 2 fully saturated rings. The quantitative estimate of drug-likeness (QED) is 0.817. The van der Waals surface area contributed by atoms with Gasteiger partial charge >= 0.3 is 0 Å². The maximum absolute atomic E-state index is 12.5. The molecule has 0 aromatic heterocycles. The summed E-state index contributed by atoms with van der Waals surface area (Å²) in [6.45, 7) is 8.29. The first kappa shape index (κ1) is 16.8. The summed E-state index contributed by atoms with van der Waals surface area (Å²) in [5, 5.41) is 0. The molecular weight excluding hydrogens is 262 g/mol. The van der Waals surface area contributed by atoms with E-state index < -0.39 is 0 Å². The Morgan fingerprint density at radius 2 is 1.86 bits per heavy atom. The van der Waals surface area contributed by atoms with Crippen molar-refractivity contribution in [1.82, 2.24) is 9.80 Å². The third kappa shape index (κ3) is 4.43. The molecule has 21 heavy (non-hydrogen) atoms. The fourth-order valence-electron chi connectivity index (χ4n) is 4.10. The van der Waals surface area contributed by atoms with Gasteiger partial charge in [0.2, 0.25) is 5.91 Å². The average molecular weight is 295 g/mol. The summed E-state index contributed by atoms with van der Waals surface area (Å²) < 4.78 is 0. The first-order valence-corrected chi connectivity index (χ1v) is 8.94.